The number of ether oxygens (including phenoxy) is 1. The third-order valence-corrected chi connectivity index (χ3v) is 5.43. The second kappa shape index (κ2) is 8.52. The van der Waals surface area contributed by atoms with E-state index in [0.29, 0.717) is 18.8 Å². The molecular formula is C25H21N5O. The fourth-order valence-corrected chi connectivity index (χ4v) is 3.87. The molecule has 5 rings (SSSR count). The summed E-state index contributed by atoms with van der Waals surface area (Å²) >= 11 is 0. The predicted octanol–water partition coefficient (Wildman–Crippen LogP) is 4.55. The Kier molecular flexibility index (Phi) is 5.28. The van der Waals surface area contributed by atoms with E-state index < -0.39 is 0 Å². The first-order chi connectivity index (χ1) is 15.3. The lowest BCUT2D eigenvalue weighted by molar-refractivity contribution is 0.0376. The average Bonchev–Trinajstić information content (AvgIpc) is 2.85. The number of nitriles is 1. The zero-order valence-electron chi connectivity index (χ0n) is 17.0. The number of morpholine rings is 1. The minimum Gasteiger partial charge on any atom is -0.379 e. The van der Waals surface area contributed by atoms with Gasteiger partial charge in [0.25, 0.3) is 0 Å². The SMILES string of the molecule is N#Cc1ccc(-c2ccc3ncnc(N(c4ccccc4)N4CCOCC4)c3c2)cc1. The number of anilines is 2. The van der Waals surface area contributed by atoms with Crippen molar-refractivity contribution in [1.29, 1.82) is 5.26 Å². The van der Waals surface area contributed by atoms with Crippen molar-refractivity contribution < 1.29 is 4.74 Å². The number of hydrogen-bond acceptors (Lipinski definition) is 6. The Balaban J connectivity index is 1.65. The number of nitrogens with zero attached hydrogens (tertiary/aromatic N) is 5. The van der Waals surface area contributed by atoms with E-state index in [-0.39, 0.29) is 0 Å². The number of hydrazine groups is 1. The first-order valence-corrected chi connectivity index (χ1v) is 10.3. The molecule has 0 saturated carbocycles. The van der Waals surface area contributed by atoms with Gasteiger partial charge in [0, 0.05) is 18.5 Å². The van der Waals surface area contributed by atoms with Crippen molar-refractivity contribution in [3.8, 4) is 17.2 Å². The lowest BCUT2D eigenvalue weighted by atomic mass is 10.0. The minimum atomic E-state index is 0.649. The lowest BCUT2D eigenvalue weighted by Crippen LogP contribution is -2.47. The van der Waals surface area contributed by atoms with Crippen molar-refractivity contribution in [3.05, 3.63) is 84.7 Å². The molecule has 0 aliphatic carbocycles. The quantitative estimate of drug-likeness (QED) is 0.494. The van der Waals surface area contributed by atoms with E-state index in [9.17, 15) is 0 Å². The monoisotopic (exact) mass is 407 g/mol. The standard InChI is InChI=1S/C25H21N5O/c26-17-19-6-8-20(9-7-19)21-10-11-24-23(16-21)25(28-18-27-24)30(22-4-2-1-3-5-22)29-12-14-31-15-13-29/h1-11,16,18H,12-15H2. The van der Waals surface area contributed by atoms with Gasteiger partial charge >= 0.3 is 0 Å². The van der Waals surface area contributed by atoms with Crippen LogP contribution in [0.15, 0.2) is 79.1 Å². The Hall–Kier alpha value is -3.79. The van der Waals surface area contributed by atoms with Crippen LogP contribution in [0.4, 0.5) is 11.5 Å². The van der Waals surface area contributed by atoms with Crippen molar-refractivity contribution in [2.45, 2.75) is 0 Å². The molecule has 152 valence electrons. The highest BCUT2D eigenvalue weighted by atomic mass is 16.5. The van der Waals surface area contributed by atoms with Gasteiger partial charge in [0.15, 0.2) is 5.82 Å². The van der Waals surface area contributed by atoms with Crippen LogP contribution in [0.5, 0.6) is 0 Å². The zero-order valence-corrected chi connectivity index (χ0v) is 17.0. The highest BCUT2D eigenvalue weighted by molar-refractivity contribution is 5.94. The van der Waals surface area contributed by atoms with E-state index >= 15 is 0 Å². The third kappa shape index (κ3) is 3.84. The molecule has 0 N–H and O–H groups in total. The Morgan fingerprint density at radius 1 is 0.871 bits per heavy atom. The van der Waals surface area contributed by atoms with Crippen LogP contribution in [-0.4, -0.2) is 41.3 Å². The molecule has 1 aliphatic heterocycles. The van der Waals surface area contributed by atoms with Crippen molar-refractivity contribution in [2.75, 3.05) is 31.3 Å². The molecule has 6 heteroatoms. The molecule has 0 unspecified atom stereocenters. The highest BCUT2D eigenvalue weighted by Crippen LogP contribution is 2.34. The molecule has 1 aliphatic rings. The van der Waals surface area contributed by atoms with Crippen molar-refractivity contribution in [2.24, 2.45) is 0 Å². The first kappa shape index (κ1) is 19.2. The van der Waals surface area contributed by atoms with E-state index in [4.69, 9.17) is 15.0 Å². The van der Waals surface area contributed by atoms with Gasteiger partial charge in [0.2, 0.25) is 0 Å². The summed E-state index contributed by atoms with van der Waals surface area (Å²) in [4.78, 5) is 9.21. The molecule has 0 atom stereocenters. The number of benzene rings is 3. The average molecular weight is 407 g/mol. The lowest BCUT2D eigenvalue weighted by Gasteiger charge is -2.38. The minimum absolute atomic E-state index is 0.649. The van der Waals surface area contributed by atoms with Crippen molar-refractivity contribution in [1.82, 2.24) is 15.0 Å². The molecule has 6 nitrogen and oxygen atoms in total. The topological polar surface area (TPSA) is 65.3 Å². The van der Waals surface area contributed by atoms with Crippen LogP contribution in [0, 0.1) is 11.3 Å². The Labute approximate surface area is 180 Å². The predicted molar refractivity (Wildman–Crippen MR) is 121 cm³/mol. The van der Waals surface area contributed by atoms with Crippen LogP contribution < -0.4 is 5.01 Å². The van der Waals surface area contributed by atoms with E-state index in [2.05, 4.69) is 45.3 Å². The van der Waals surface area contributed by atoms with Crippen LogP contribution in [0.3, 0.4) is 0 Å². The van der Waals surface area contributed by atoms with Gasteiger partial charge in [-0.25, -0.2) is 15.0 Å². The molecule has 3 aromatic carbocycles. The van der Waals surface area contributed by atoms with Gasteiger partial charge in [-0.15, -0.1) is 0 Å². The number of aromatic nitrogens is 2. The summed E-state index contributed by atoms with van der Waals surface area (Å²) in [7, 11) is 0. The number of hydrogen-bond donors (Lipinski definition) is 0. The molecule has 0 spiro atoms. The van der Waals surface area contributed by atoms with Crippen molar-refractivity contribution >= 4 is 22.4 Å². The van der Waals surface area contributed by atoms with E-state index in [0.717, 1.165) is 46.6 Å². The zero-order chi connectivity index (χ0) is 21.0. The Bertz CT molecular complexity index is 1230. The van der Waals surface area contributed by atoms with E-state index in [1.165, 1.54) is 0 Å². The van der Waals surface area contributed by atoms with Gasteiger partial charge in [-0.1, -0.05) is 36.4 Å². The molecule has 0 bridgehead atoms. The largest absolute Gasteiger partial charge is 0.379 e. The van der Waals surface area contributed by atoms with Gasteiger partial charge in [0.1, 0.15) is 6.33 Å². The smallest absolute Gasteiger partial charge is 0.159 e. The molecule has 31 heavy (non-hydrogen) atoms. The number of rotatable bonds is 4. The third-order valence-electron chi connectivity index (χ3n) is 5.43. The summed E-state index contributed by atoms with van der Waals surface area (Å²) in [5, 5.41) is 14.5. The second-order valence-electron chi connectivity index (χ2n) is 7.33. The van der Waals surface area contributed by atoms with Gasteiger partial charge in [0.05, 0.1) is 36.1 Å². The van der Waals surface area contributed by atoms with Crippen LogP contribution in [-0.2, 0) is 4.74 Å². The maximum Gasteiger partial charge on any atom is 0.159 e. The molecule has 1 saturated heterocycles. The molecule has 4 aromatic rings. The van der Waals surface area contributed by atoms with Gasteiger partial charge < -0.3 is 4.74 Å². The summed E-state index contributed by atoms with van der Waals surface area (Å²) in [6.45, 7) is 2.94. The molecule has 1 aromatic heterocycles. The fraction of sp³-hybridized carbons (Fsp3) is 0.160. The van der Waals surface area contributed by atoms with Gasteiger partial charge in [-0.3, -0.25) is 5.01 Å². The molecule has 1 fully saturated rings. The van der Waals surface area contributed by atoms with E-state index in [1.807, 2.05) is 48.5 Å². The molecule has 0 radical (unpaired) electrons. The van der Waals surface area contributed by atoms with Crippen LogP contribution >= 0.6 is 0 Å². The Morgan fingerprint density at radius 3 is 2.35 bits per heavy atom. The normalized spacial score (nSPS) is 14.3. The summed E-state index contributed by atoms with van der Waals surface area (Å²) in [5.41, 5.74) is 4.69. The van der Waals surface area contributed by atoms with Crippen LogP contribution in [0.25, 0.3) is 22.0 Å². The summed E-state index contributed by atoms with van der Waals surface area (Å²) in [6, 6.07) is 26.3. The first-order valence-electron chi connectivity index (χ1n) is 10.3. The fourth-order valence-electron chi connectivity index (χ4n) is 3.87. The second-order valence-corrected chi connectivity index (χ2v) is 7.33. The summed E-state index contributed by atoms with van der Waals surface area (Å²) < 4.78 is 5.58. The maximum atomic E-state index is 9.08. The van der Waals surface area contributed by atoms with Crippen LogP contribution in [0.1, 0.15) is 5.56 Å². The van der Waals surface area contributed by atoms with E-state index in [1.54, 1.807) is 6.33 Å². The maximum absolute atomic E-state index is 9.08. The molecule has 2 heterocycles. The summed E-state index contributed by atoms with van der Waals surface area (Å²) in [6.07, 6.45) is 1.62. The molecular weight excluding hydrogens is 386 g/mol. The molecule has 0 amide bonds. The van der Waals surface area contributed by atoms with Gasteiger partial charge in [-0.2, -0.15) is 5.26 Å². The van der Waals surface area contributed by atoms with Crippen LogP contribution in [0.2, 0.25) is 0 Å². The highest BCUT2D eigenvalue weighted by Gasteiger charge is 2.24. The number of para-hydroxylation sites is 1. The Morgan fingerprint density at radius 2 is 1.61 bits per heavy atom. The van der Waals surface area contributed by atoms with Crippen molar-refractivity contribution in [3.63, 3.8) is 0 Å². The van der Waals surface area contributed by atoms with Gasteiger partial charge in [-0.05, 0) is 47.5 Å². The number of fused-ring (bicyclic) bond motifs is 1. The summed E-state index contributed by atoms with van der Waals surface area (Å²) in [5.74, 6) is 0.841.